The first-order valence-electron chi connectivity index (χ1n) is 13.5. The van der Waals surface area contributed by atoms with Crippen LogP contribution in [0.15, 0.2) is 127 Å². The van der Waals surface area contributed by atoms with Crippen molar-refractivity contribution in [2.75, 3.05) is 0 Å². The maximum absolute atomic E-state index is 6.24. The summed E-state index contributed by atoms with van der Waals surface area (Å²) >= 11 is 1.89. The lowest BCUT2D eigenvalue weighted by atomic mass is 10.0. The Labute approximate surface area is 233 Å². The minimum absolute atomic E-state index is 0.344. The molecule has 0 aliphatic heterocycles. The number of rotatable bonds is 3. The summed E-state index contributed by atoms with van der Waals surface area (Å²) in [5.41, 5.74) is 8.24. The molecule has 9 rings (SSSR count). The molecule has 1 aliphatic carbocycles. The fourth-order valence-corrected chi connectivity index (χ4v) is 7.19. The maximum Gasteiger partial charge on any atom is 0.135 e. The molecule has 0 spiro atoms. The van der Waals surface area contributed by atoms with Crippen molar-refractivity contribution in [2.45, 2.75) is 16.6 Å². The molecule has 8 aromatic rings. The van der Waals surface area contributed by atoms with Gasteiger partial charge in [-0.2, -0.15) is 0 Å². The predicted octanol–water partition coefficient (Wildman–Crippen LogP) is 10.6. The lowest BCUT2D eigenvalue weighted by molar-refractivity contribution is 0.596. The topological polar surface area (TPSA) is 39.4 Å². The average molecular weight is 535 g/mol. The summed E-state index contributed by atoms with van der Waals surface area (Å²) in [6, 6.07) is 36.0. The number of thioether (sulfide) groups is 1. The van der Waals surface area contributed by atoms with Crippen molar-refractivity contribution in [3.8, 4) is 11.1 Å². The van der Waals surface area contributed by atoms with Gasteiger partial charge in [-0.25, -0.2) is 0 Å². The van der Waals surface area contributed by atoms with E-state index in [-0.39, 0.29) is 0 Å². The molecule has 5 aromatic carbocycles. The first kappa shape index (κ1) is 22.2. The second-order valence-corrected chi connectivity index (χ2v) is 11.8. The Morgan fingerprint density at radius 3 is 1.85 bits per heavy atom. The van der Waals surface area contributed by atoms with Crippen LogP contribution in [0.25, 0.3) is 72.0 Å². The Morgan fingerprint density at radius 2 is 1.10 bits per heavy atom. The van der Waals surface area contributed by atoms with Crippen molar-refractivity contribution >= 4 is 72.7 Å². The first-order valence-corrected chi connectivity index (χ1v) is 14.4. The van der Waals surface area contributed by atoms with Crippen LogP contribution in [0.5, 0.6) is 0 Å². The molecule has 4 heteroatoms. The fourth-order valence-electron chi connectivity index (χ4n) is 6.10. The Morgan fingerprint density at radius 1 is 0.525 bits per heavy atom. The second-order valence-electron chi connectivity index (χ2n) is 10.4. The van der Waals surface area contributed by atoms with E-state index in [2.05, 4.69) is 91.0 Å². The minimum Gasteiger partial charge on any atom is -0.456 e. The van der Waals surface area contributed by atoms with Crippen LogP contribution < -0.4 is 0 Å². The van der Waals surface area contributed by atoms with Crippen molar-refractivity contribution in [1.82, 2.24) is 0 Å². The minimum atomic E-state index is 0.344. The van der Waals surface area contributed by atoms with E-state index < -0.39 is 0 Å². The van der Waals surface area contributed by atoms with Gasteiger partial charge in [-0.3, -0.25) is 0 Å². The number of para-hydroxylation sites is 2. The second kappa shape index (κ2) is 8.41. The molecule has 0 saturated carbocycles. The van der Waals surface area contributed by atoms with Crippen molar-refractivity contribution < 1.29 is 13.3 Å². The van der Waals surface area contributed by atoms with Gasteiger partial charge in [-0.05, 0) is 78.2 Å². The molecule has 3 heterocycles. The highest BCUT2D eigenvalue weighted by molar-refractivity contribution is 8.00. The molecule has 190 valence electrons. The van der Waals surface area contributed by atoms with Crippen molar-refractivity contribution in [1.29, 1.82) is 0 Å². The van der Waals surface area contributed by atoms with E-state index in [1.54, 1.807) is 0 Å². The summed E-state index contributed by atoms with van der Waals surface area (Å²) in [6.07, 6.45) is 5.35. The Balaban J connectivity index is 1.08. The molecule has 3 aromatic heterocycles. The molecule has 40 heavy (non-hydrogen) atoms. The standard InChI is InChI=1S/C36H22O3S/c1-3-7-31-25(5-1)27-17-21(9-13-33(27)37-31)22-10-14-34-28(18-22)30-20-24(12-16-36(30)39-34)40-23-11-15-35-29(19-23)26-6-2-4-8-32(26)38-35/h1-18,20,23H,19H2. The van der Waals surface area contributed by atoms with Crippen LogP contribution in [-0.4, -0.2) is 5.25 Å². The zero-order chi connectivity index (χ0) is 26.2. The SMILES string of the molecule is C1=CC(Sc2ccc3oc4ccc(-c5ccc6oc7ccccc7c6c5)cc4c3c2)Cc2c1oc1ccccc21. The van der Waals surface area contributed by atoms with Gasteiger partial charge in [0.2, 0.25) is 0 Å². The fraction of sp³-hybridized carbons (Fsp3) is 0.0556. The molecule has 1 atom stereocenters. The third-order valence-electron chi connectivity index (χ3n) is 8.04. The number of hydrogen-bond acceptors (Lipinski definition) is 4. The average Bonchev–Trinajstić information content (AvgIpc) is 3.67. The highest BCUT2D eigenvalue weighted by atomic mass is 32.2. The van der Waals surface area contributed by atoms with E-state index in [4.69, 9.17) is 13.3 Å². The zero-order valence-corrected chi connectivity index (χ0v) is 22.2. The van der Waals surface area contributed by atoms with Crippen LogP contribution in [0.2, 0.25) is 0 Å². The van der Waals surface area contributed by atoms with Crippen molar-refractivity contribution in [2.24, 2.45) is 0 Å². The largest absolute Gasteiger partial charge is 0.456 e. The number of hydrogen-bond donors (Lipinski definition) is 0. The molecule has 3 nitrogen and oxygen atoms in total. The number of fused-ring (bicyclic) bond motifs is 9. The van der Waals surface area contributed by atoms with Crippen LogP contribution in [0.3, 0.4) is 0 Å². The van der Waals surface area contributed by atoms with Crippen LogP contribution in [0, 0.1) is 0 Å². The van der Waals surface area contributed by atoms with Gasteiger partial charge >= 0.3 is 0 Å². The smallest absolute Gasteiger partial charge is 0.135 e. The highest BCUT2D eigenvalue weighted by Gasteiger charge is 2.21. The molecule has 0 radical (unpaired) electrons. The zero-order valence-electron chi connectivity index (χ0n) is 21.4. The molecule has 0 saturated heterocycles. The van der Waals surface area contributed by atoms with E-state index in [0.29, 0.717) is 5.25 Å². The van der Waals surface area contributed by atoms with Crippen LogP contribution in [0.4, 0.5) is 0 Å². The third kappa shape index (κ3) is 3.39. The molecule has 0 bridgehead atoms. The van der Waals surface area contributed by atoms with Crippen LogP contribution >= 0.6 is 11.8 Å². The van der Waals surface area contributed by atoms with Crippen molar-refractivity contribution in [3.63, 3.8) is 0 Å². The monoisotopic (exact) mass is 534 g/mol. The summed E-state index contributed by atoms with van der Waals surface area (Å²) in [5.74, 6) is 0.989. The van der Waals surface area contributed by atoms with Crippen molar-refractivity contribution in [3.05, 3.63) is 121 Å². The molecule has 0 amide bonds. The van der Waals surface area contributed by atoms with E-state index in [9.17, 15) is 0 Å². The van der Waals surface area contributed by atoms with Gasteiger partial charge in [0.25, 0.3) is 0 Å². The highest BCUT2D eigenvalue weighted by Crippen LogP contribution is 2.40. The van der Waals surface area contributed by atoms with Gasteiger partial charge in [0.15, 0.2) is 0 Å². The van der Waals surface area contributed by atoms with Gasteiger partial charge in [0.05, 0.1) is 0 Å². The summed E-state index contributed by atoms with van der Waals surface area (Å²) in [6.45, 7) is 0. The number of benzene rings is 5. The summed E-state index contributed by atoms with van der Waals surface area (Å²) < 4.78 is 18.3. The van der Waals surface area contributed by atoms with Gasteiger partial charge in [-0.15, -0.1) is 11.8 Å². The summed E-state index contributed by atoms with van der Waals surface area (Å²) in [4.78, 5) is 1.23. The molecule has 0 N–H and O–H groups in total. The Kier molecular flexibility index (Phi) is 4.66. The molecule has 1 unspecified atom stereocenters. The van der Waals surface area contributed by atoms with Gasteiger partial charge < -0.3 is 13.3 Å². The van der Waals surface area contributed by atoms with E-state index in [0.717, 1.165) is 72.8 Å². The van der Waals surface area contributed by atoms with Gasteiger partial charge in [0.1, 0.15) is 33.7 Å². The predicted molar refractivity (Wildman–Crippen MR) is 165 cm³/mol. The lowest BCUT2D eigenvalue weighted by Crippen LogP contribution is -2.07. The lowest BCUT2D eigenvalue weighted by Gasteiger charge is -2.16. The summed E-state index contributed by atoms with van der Waals surface area (Å²) in [7, 11) is 0. The summed E-state index contributed by atoms with van der Waals surface area (Å²) in [5, 5.41) is 6.12. The quantitative estimate of drug-likeness (QED) is 0.226. The van der Waals surface area contributed by atoms with E-state index in [1.165, 1.54) is 15.8 Å². The van der Waals surface area contributed by atoms with E-state index >= 15 is 0 Å². The van der Waals surface area contributed by atoms with E-state index in [1.807, 2.05) is 36.0 Å². The van der Waals surface area contributed by atoms with Crippen LogP contribution in [-0.2, 0) is 6.42 Å². The van der Waals surface area contributed by atoms with Gasteiger partial charge in [0, 0.05) is 42.6 Å². The molecular formula is C36H22O3S. The van der Waals surface area contributed by atoms with Crippen LogP contribution in [0.1, 0.15) is 11.3 Å². The Hall–Kier alpha value is -4.67. The maximum atomic E-state index is 6.24. The van der Waals surface area contributed by atoms with Gasteiger partial charge in [-0.1, -0.05) is 54.6 Å². The molecule has 1 aliphatic rings. The molecular weight excluding hydrogens is 512 g/mol. The molecule has 0 fully saturated rings. The third-order valence-corrected chi connectivity index (χ3v) is 9.19. The Bertz CT molecular complexity index is 2290. The normalized spacial score (nSPS) is 15.2. The number of furan rings is 3. The first-order chi connectivity index (χ1) is 19.8.